The molecule has 3 N–H and O–H groups in total. The maximum absolute atomic E-state index is 8.67. The molecule has 1 rings (SSSR count). The molecular formula is C11H15ClN2OS. The van der Waals surface area contributed by atoms with E-state index in [1.165, 1.54) is 0 Å². The number of thioether (sulfide) groups is 1. The average molecular weight is 259 g/mol. The molecule has 0 aromatic heterocycles. The summed E-state index contributed by atoms with van der Waals surface area (Å²) in [5, 5.41) is 12.4. The van der Waals surface area contributed by atoms with E-state index in [-0.39, 0.29) is 5.84 Å². The molecule has 0 saturated heterocycles. The highest BCUT2D eigenvalue weighted by molar-refractivity contribution is 7.99. The molecule has 0 heterocycles. The highest BCUT2D eigenvalue weighted by Gasteiger charge is 2.08. The number of nitrogens with zero attached hydrogens (tertiary/aromatic N) is 1. The SMILES string of the molecule is CCCCSc1cc(Cl)ccc1C(N)=NO. The maximum Gasteiger partial charge on any atom is 0.171 e. The Balaban J connectivity index is 2.90. The zero-order valence-electron chi connectivity index (χ0n) is 9.11. The van der Waals surface area contributed by atoms with Crippen molar-refractivity contribution < 1.29 is 5.21 Å². The van der Waals surface area contributed by atoms with Gasteiger partial charge in [-0.15, -0.1) is 11.8 Å². The van der Waals surface area contributed by atoms with E-state index in [2.05, 4.69) is 12.1 Å². The van der Waals surface area contributed by atoms with Crippen molar-refractivity contribution in [1.29, 1.82) is 0 Å². The summed E-state index contributed by atoms with van der Waals surface area (Å²) in [5.41, 5.74) is 6.32. The number of hydrogen-bond acceptors (Lipinski definition) is 3. The van der Waals surface area contributed by atoms with Crippen LogP contribution in [0.25, 0.3) is 0 Å². The topological polar surface area (TPSA) is 58.6 Å². The van der Waals surface area contributed by atoms with Gasteiger partial charge in [-0.1, -0.05) is 30.1 Å². The van der Waals surface area contributed by atoms with Crippen LogP contribution < -0.4 is 5.73 Å². The van der Waals surface area contributed by atoms with Crippen molar-refractivity contribution in [2.24, 2.45) is 10.9 Å². The summed E-state index contributed by atoms with van der Waals surface area (Å²) in [4.78, 5) is 0.955. The number of amidine groups is 1. The van der Waals surface area contributed by atoms with Crippen molar-refractivity contribution in [2.75, 3.05) is 5.75 Å². The summed E-state index contributed by atoms with van der Waals surface area (Å²) in [5.74, 6) is 1.12. The van der Waals surface area contributed by atoms with Crippen molar-refractivity contribution in [3.8, 4) is 0 Å². The molecule has 0 aliphatic rings. The number of rotatable bonds is 5. The summed E-state index contributed by atoms with van der Waals surface area (Å²) in [7, 11) is 0. The third-order valence-electron chi connectivity index (χ3n) is 2.08. The van der Waals surface area contributed by atoms with E-state index in [1.807, 2.05) is 6.07 Å². The van der Waals surface area contributed by atoms with Gasteiger partial charge in [-0.2, -0.15) is 0 Å². The minimum absolute atomic E-state index is 0.121. The Bertz CT molecular complexity index is 382. The fourth-order valence-corrected chi connectivity index (χ4v) is 2.64. The number of unbranched alkanes of at least 4 members (excludes halogenated alkanes) is 1. The van der Waals surface area contributed by atoms with E-state index in [4.69, 9.17) is 22.5 Å². The van der Waals surface area contributed by atoms with Crippen LogP contribution in [-0.2, 0) is 0 Å². The predicted octanol–water partition coefficient (Wildman–Crippen LogP) is 3.33. The average Bonchev–Trinajstić information content (AvgIpc) is 2.29. The molecule has 0 amide bonds. The molecule has 1 aromatic carbocycles. The van der Waals surface area contributed by atoms with E-state index in [0.29, 0.717) is 5.02 Å². The van der Waals surface area contributed by atoms with Crippen LogP contribution in [0.2, 0.25) is 5.02 Å². The molecule has 0 aliphatic carbocycles. The molecule has 3 nitrogen and oxygen atoms in total. The summed E-state index contributed by atoms with van der Waals surface area (Å²) < 4.78 is 0. The van der Waals surface area contributed by atoms with Crippen molar-refractivity contribution in [3.05, 3.63) is 28.8 Å². The molecule has 0 fully saturated rings. The Morgan fingerprint density at radius 3 is 2.94 bits per heavy atom. The van der Waals surface area contributed by atoms with Crippen LogP contribution in [0.3, 0.4) is 0 Å². The van der Waals surface area contributed by atoms with Crippen LogP contribution in [0, 0.1) is 0 Å². The van der Waals surface area contributed by atoms with Gasteiger partial charge in [0.2, 0.25) is 0 Å². The lowest BCUT2D eigenvalue weighted by Gasteiger charge is -2.08. The highest BCUT2D eigenvalue weighted by atomic mass is 35.5. The van der Waals surface area contributed by atoms with Gasteiger partial charge in [0.05, 0.1) is 0 Å². The second-order valence-corrected chi connectivity index (χ2v) is 4.90. The molecule has 0 aliphatic heterocycles. The lowest BCUT2D eigenvalue weighted by molar-refractivity contribution is 0.318. The molecule has 0 atom stereocenters. The van der Waals surface area contributed by atoms with Gasteiger partial charge in [-0.25, -0.2) is 0 Å². The molecule has 5 heteroatoms. The minimum atomic E-state index is 0.121. The largest absolute Gasteiger partial charge is 0.409 e. The Kier molecular flexibility index (Phi) is 5.49. The summed E-state index contributed by atoms with van der Waals surface area (Å²) in [6.45, 7) is 2.14. The van der Waals surface area contributed by atoms with E-state index in [0.717, 1.165) is 29.1 Å². The number of hydrogen-bond donors (Lipinski definition) is 2. The highest BCUT2D eigenvalue weighted by Crippen LogP contribution is 2.27. The van der Waals surface area contributed by atoms with Gasteiger partial charge >= 0.3 is 0 Å². The molecule has 16 heavy (non-hydrogen) atoms. The summed E-state index contributed by atoms with van der Waals surface area (Å²) in [6, 6.07) is 5.35. The van der Waals surface area contributed by atoms with Crippen molar-refractivity contribution in [3.63, 3.8) is 0 Å². The first-order valence-corrected chi connectivity index (χ1v) is 6.45. The van der Waals surface area contributed by atoms with Crippen LogP contribution >= 0.6 is 23.4 Å². The summed E-state index contributed by atoms with van der Waals surface area (Å²) >= 11 is 7.59. The third kappa shape index (κ3) is 3.61. The lowest BCUT2D eigenvalue weighted by atomic mass is 10.2. The van der Waals surface area contributed by atoms with Gasteiger partial charge in [0.25, 0.3) is 0 Å². The Hall–Kier alpha value is -0.870. The smallest absolute Gasteiger partial charge is 0.171 e. The monoisotopic (exact) mass is 258 g/mol. The number of halogens is 1. The van der Waals surface area contributed by atoms with Crippen molar-refractivity contribution in [2.45, 2.75) is 24.7 Å². The van der Waals surface area contributed by atoms with E-state index < -0.39 is 0 Å². The van der Waals surface area contributed by atoms with Gasteiger partial charge in [0.1, 0.15) is 0 Å². The van der Waals surface area contributed by atoms with E-state index >= 15 is 0 Å². The Morgan fingerprint density at radius 1 is 1.56 bits per heavy atom. The van der Waals surface area contributed by atoms with Crippen molar-refractivity contribution in [1.82, 2.24) is 0 Å². The number of benzene rings is 1. The fourth-order valence-electron chi connectivity index (χ4n) is 1.21. The molecule has 88 valence electrons. The minimum Gasteiger partial charge on any atom is -0.409 e. The quantitative estimate of drug-likeness (QED) is 0.213. The molecule has 0 bridgehead atoms. The van der Waals surface area contributed by atoms with E-state index in [1.54, 1.807) is 23.9 Å². The van der Waals surface area contributed by atoms with E-state index in [9.17, 15) is 0 Å². The van der Waals surface area contributed by atoms with Gasteiger partial charge in [0.15, 0.2) is 5.84 Å². The molecule has 0 spiro atoms. The molecule has 0 saturated carbocycles. The first-order valence-electron chi connectivity index (χ1n) is 5.09. The van der Waals surface area contributed by atoms with Crippen molar-refractivity contribution >= 4 is 29.2 Å². The summed E-state index contributed by atoms with van der Waals surface area (Å²) in [6.07, 6.45) is 2.28. The maximum atomic E-state index is 8.67. The molecular weight excluding hydrogens is 244 g/mol. The first-order chi connectivity index (χ1) is 7.69. The fraction of sp³-hybridized carbons (Fsp3) is 0.364. The Morgan fingerprint density at radius 2 is 2.31 bits per heavy atom. The van der Waals surface area contributed by atoms with Crippen LogP contribution in [0.15, 0.2) is 28.3 Å². The zero-order chi connectivity index (χ0) is 12.0. The van der Waals surface area contributed by atoms with Gasteiger partial charge in [0, 0.05) is 15.5 Å². The molecule has 1 aromatic rings. The normalized spacial score (nSPS) is 11.8. The third-order valence-corrected chi connectivity index (χ3v) is 3.46. The number of oxime groups is 1. The standard InChI is InChI=1S/C11H15ClN2OS/c1-2-3-6-16-10-7-8(12)4-5-9(10)11(13)14-15/h4-5,7,15H,2-3,6H2,1H3,(H2,13,14). The van der Waals surface area contributed by atoms with Gasteiger partial charge < -0.3 is 10.9 Å². The van der Waals surface area contributed by atoms with Gasteiger partial charge in [-0.3, -0.25) is 0 Å². The van der Waals surface area contributed by atoms with Crippen LogP contribution in [0.4, 0.5) is 0 Å². The second kappa shape index (κ2) is 6.66. The van der Waals surface area contributed by atoms with Crippen LogP contribution in [-0.4, -0.2) is 16.8 Å². The van der Waals surface area contributed by atoms with Gasteiger partial charge in [-0.05, 0) is 30.4 Å². The lowest BCUT2D eigenvalue weighted by Crippen LogP contribution is -2.14. The number of nitrogens with two attached hydrogens (primary N) is 1. The Labute approximate surface area is 105 Å². The first kappa shape index (κ1) is 13.2. The zero-order valence-corrected chi connectivity index (χ0v) is 10.7. The molecule has 0 radical (unpaired) electrons. The predicted molar refractivity (Wildman–Crippen MR) is 69.6 cm³/mol. The second-order valence-electron chi connectivity index (χ2n) is 3.33. The van der Waals surface area contributed by atoms with Crippen LogP contribution in [0.5, 0.6) is 0 Å². The van der Waals surface area contributed by atoms with Crippen LogP contribution in [0.1, 0.15) is 25.3 Å². The molecule has 0 unspecified atom stereocenters.